The third-order valence-corrected chi connectivity index (χ3v) is 3.71. The van der Waals surface area contributed by atoms with Gasteiger partial charge in [0.15, 0.2) is 0 Å². The maximum Gasteiger partial charge on any atom is 0.0710 e. The summed E-state index contributed by atoms with van der Waals surface area (Å²) in [4.78, 5) is 2.58. The van der Waals surface area contributed by atoms with Gasteiger partial charge in [0.1, 0.15) is 0 Å². The highest BCUT2D eigenvalue weighted by atomic mass is 16.5. The van der Waals surface area contributed by atoms with Gasteiger partial charge in [-0.15, -0.1) is 0 Å². The number of rotatable bonds is 2. The molecule has 2 aliphatic rings. The largest absolute Gasteiger partial charge is 0.380 e. The topological polar surface area (TPSA) is 38.5 Å². The van der Waals surface area contributed by atoms with E-state index < -0.39 is 0 Å². The van der Waals surface area contributed by atoms with Gasteiger partial charge in [-0.1, -0.05) is 6.42 Å². The number of methoxy groups -OCH3 is 1. The molecule has 2 fully saturated rings. The molecule has 1 heterocycles. The number of nitrogens with zero attached hydrogens (tertiary/aromatic N) is 1. The molecule has 1 aliphatic carbocycles. The van der Waals surface area contributed by atoms with Gasteiger partial charge in [0.05, 0.1) is 6.10 Å². The van der Waals surface area contributed by atoms with Crippen molar-refractivity contribution in [3.05, 3.63) is 0 Å². The lowest BCUT2D eigenvalue weighted by Gasteiger charge is -2.33. The molecule has 1 saturated heterocycles. The van der Waals surface area contributed by atoms with E-state index in [2.05, 4.69) is 4.90 Å². The third-order valence-electron chi connectivity index (χ3n) is 3.71. The second kappa shape index (κ2) is 4.60. The Balaban J connectivity index is 1.83. The van der Waals surface area contributed by atoms with E-state index in [1.54, 1.807) is 0 Å². The summed E-state index contributed by atoms with van der Waals surface area (Å²) < 4.78 is 5.39. The average molecular weight is 198 g/mol. The molecule has 1 saturated carbocycles. The van der Waals surface area contributed by atoms with Gasteiger partial charge in [0.25, 0.3) is 0 Å². The van der Waals surface area contributed by atoms with Gasteiger partial charge in [-0.3, -0.25) is 4.90 Å². The molecular formula is C11H22N2O. The van der Waals surface area contributed by atoms with Crippen LogP contribution >= 0.6 is 0 Å². The van der Waals surface area contributed by atoms with Crippen LogP contribution in [0.5, 0.6) is 0 Å². The van der Waals surface area contributed by atoms with Crippen molar-refractivity contribution in [2.24, 2.45) is 5.73 Å². The summed E-state index contributed by atoms with van der Waals surface area (Å²) >= 11 is 0. The fourth-order valence-electron chi connectivity index (χ4n) is 2.81. The Labute approximate surface area is 86.6 Å². The Morgan fingerprint density at radius 1 is 1.29 bits per heavy atom. The van der Waals surface area contributed by atoms with Crippen molar-refractivity contribution in [1.82, 2.24) is 4.90 Å². The summed E-state index contributed by atoms with van der Waals surface area (Å²) in [7, 11) is 1.82. The Morgan fingerprint density at radius 3 is 2.79 bits per heavy atom. The van der Waals surface area contributed by atoms with Crippen molar-refractivity contribution in [3.63, 3.8) is 0 Å². The first kappa shape index (κ1) is 10.4. The van der Waals surface area contributed by atoms with E-state index in [1.165, 1.54) is 38.6 Å². The van der Waals surface area contributed by atoms with Crippen LogP contribution in [0.15, 0.2) is 0 Å². The summed E-state index contributed by atoms with van der Waals surface area (Å²) in [5.41, 5.74) is 6.00. The number of hydrogen-bond acceptors (Lipinski definition) is 3. The van der Waals surface area contributed by atoms with E-state index in [9.17, 15) is 0 Å². The lowest BCUT2D eigenvalue weighted by molar-refractivity contribution is 0.0938. The Bertz CT molecular complexity index is 186. The van der Waals surface area contributed by atoms with Crippen LogP contribution in [0, 0.1) is 0 Å². The standard InChI is InChI=1S/C11H22N2O/c1-14-11-5-6-13(8-11)10-4-2-3-9(12)7-10/h9-11H,2-8,12H2,1H3. The van der Waals surface area contributed by atoms with Gasteiger partial charge >= 0.3 is 0 Å². The molecule has 0 aromatic carbocycles. The fraction of sp³-hybridized carbons (Fsp3) is 1.00. The molecule has 3 heteroatoms. The molecule has 0 aromatic rings. The summed E-state index contributed by atoms with van der Waals surface area (Å²) in [6, 6.07) is 1.18. The maximum atomic E-state index is 6.00. The van der Waals surface area contributed by atoms with Crippen LogP contribution in [-0.4, -0.2) is 43.3 Å². The number of ether oxygens (including phenoxy) is 1. The fourth-order valence-corrected chi connectivity index (χ4v) is 2.81. The number of likely N-dealkylation sites (tertiary alicyclic amines) is 1. The van der Waals surface area contributed by atoms with Crippen molar-refractivity contribution in [1.29, 1.82) is 0 Å². The van der Waals surface area contributed by atoms with E-state index in [1.807, 2.05) is 7.11 Å². The van der Waals surface area contributed by atoms with E-state index in [0.717, 1.165) is 12.6 Å². The van der Waals surface area contributed by atoms with Crippen molar-refractivity contribution < 1.29 is 4.74 Å². The lowest BCUT2D eigenvalue weighted by atomic mass is 9.91. The Hall–Kier alpha value is -0.120. The second-order valence-corrected chi connectivity index (χ2v) is 4.72. The van der Waals surface area contributed by atoms with Gasteiger partial charge in [0.2, 0.25) is 0 Å². The normalized spacial score (nSPS) is 40.3. The van der Waals surface area contributed by atoms with E-state index in [0.29, 0.717) is 12.1 Å². The zero-order valence-electron chi connectivity index (χ0n) is 9.11. The molecule has 82 valence electrons. The molecule has 2 N–H and O–H groups in total. The zero-order valence-corrected chi connectivity index (χ0v) is 9.11. The molecule has 1 aliphatic heterocycles. The van der Waals surface area contributed by atoms with Crippen molar-refractivity contribution in [2.75, 3.05) is 20.2 Å². The first-order valence-corrected chi connectivity index (χ1v) is 5.82. The quantitative estimate of drug-likeness (QED) is 0.719. The Morgan fingerprint density at radius 2 is 2.14 bits per heavy atom. The third kappa shape index (κ3) is 2.27. The Kier molecular flexibility index (Phi) is 3.42. The molecule has 0 aromatic heterocycles. The summed E-state index contributed by atoms with van der Waals surface area (Å²) in [5.74, 6) is 0. The van der Waals surface area contributed by atoms with Crippen molar-refractivity contribution >= 4 is 0 Å². The smallest absolute Gasteiger partial charge is 0.0710 e. The highest BCUT2D eigenvalue weighted by Crippen LogP contribution is 2.25. The molecule has 0 radical (unpaired) electrons. The summed E-state index contributed by atoms with van der Waals surface area (Å²) in [6.07, 6.45) is 6.72. The minimum absolute atomic E-state index is 0.440. The minimum Gasteiger partial charge on any atom is -0.380 e. The van der Waals surface area contributed by atoms with E-state index >= 15 is 0 Å². The minimum atomic E-state index is 0.440. The van der Waals surface area contributed by atoms with Crippen molar-refractivity contribution in [2.45, 2.75) is 50.3 Å². The maximum absolute atomic E-state index is 6.00. The predicted octanol–water partition coefficient (Wildman–Crippen LogP) is 0.977. The molecule has 0 bridgehead atoms. The van der Waals surface area contributed by atoms with Gasteiger partial charge in [-0.2, -0.15) is 0 Å². The van der Waals surface area contributed by atoms with Crippen LogP contribution in [0.25, 0.3) is 0 Å². The average Bonchev–Trinajstić information content (AvgIpc) is 2.66. The van der Waals surface area contributed by atoms with Crippen LogP contribution < -0.4 is 5.73 Å². The summed E-state index contributed by atoms with van der Waals surface area (Å²) in [6.45, 7) is 2.32. The monoisotopic (exact) mass is 198 g/mol. The molecular weight excluding hydrogens is 176 g/mol. The lowest BCUT2D eigenvalue weighted by Crippen LogP contribution is -2.41. The van der Waals surface area contributed by atoms with Crippen LogP contribution in [-0.2, 0) is 4.74 Å². The zero-order chi connectivity index (χ0) is 9.97. The van der Waals surface area contributed by atoms with E-state index in [4.69, 9.17) is 10.5 Å². The molecule has 0 spiro atoms. The highest BCUT2D eigenvalue weighted by Gasteiger charge is 2.30. The van der Waals surface area contributed by atoms with Gasteiger partial charge in [-0.25, -0.2) is 0 Å². The molecule has 3 unspecified atom stereocenters. The van der Waals surface area contributed by atoms with Crippen LogP contribution in [0.4, 0.5) is 0 Å². The first-order chi connectivity index (χ1) is 6.79. The van der Waals surface area contributed by atoms with Crippen LogP contribution in [0.3, 0.4) is 0 Å². The van der Waals surface area contributed by atoms with Crippen LogP contribution in [0.1, 0.15) is 32.1 Å². The molecule has 14 heavy (non-hydrogen) atoms. The second-order valence-electron chi connectivity index (χ2n) is 4.72. The number of nitrogens with two attached hydrogens (primary N) is 1. The first-order valence-electron chi connectivity index (χ1n) is 5.82. The van der Waals surface area contributed by atoms with Gasteiger partial charge in [0, 0.05) is 32.3 Å². The van der Waals surface area contributed by atoms with Gasteiger partial charge < -0.3 is 10.5 Å². The van der Waals surface area contributed by atoms with Gasteiger partial charge in [-0.05, 0) is 25.7 Å². The predicted molar refractivity (Wildman–Crippen MR) is 57.2 cm³/mol. The van der Waals surface area contributed by atoms with E-state index in [-0.39, 0.29) is 0 Å². The SMILES string of the molecule is COC1CCN(C2CCCC(N)C2)C1. The summed E-state index contributed by atoms with van der Waals surface area (Å²) in [5, 5.41) is 0. The van der Waals surface area contributed by atoms with Crippen molar-refractivity contribution in [3.8, 4) is 0 Å². The van der Waals surface area contributed by atoms with Crippen LogP contribution in [0.2, 0.25) is 0 Å². The molecule has 2 rings (SSSR count). The molecule has 3 atom stereocenters. The molecule has 0 amide bonds. The number of hydrogen-bond donors (Lipinski definition) is 1. The molecule has 3 nitrogen and oxygen atoms in total. The highest BCUT2D eigenvalue weighted by molar-refractivity contribution is 4.87.